The fraction of sp³-hybridized carbons (Fsp3) is 0.333. The van der Waals surface area contributed by atoms with Crippen LogP contribution in [0.25, 0.3) is 11.4 Å². The average molecular weight is 274 g/mol. The first-order chi connectivity index (χ1) is 9.08. The first-order valence-electron chi connectivity index (χ1n) is 6.33. The van der Waals surface area contributed by atoms with E-state index >= 15 is 0 Å². The summed E-state index contributed by atoms with van der Waals surface area (Å²) in [5.41, 5.74) is 1.71. The highest BCUT2D eigenvalue weighted by Gasteiger charge is 2.06. The van der Waals surface area contributed by atoms with Crippen molar-refractivity contribution >= 4 is 11.8 Å². The third kappa shape index (κ3) is 3.70. The fourth-order valence-electron chi connectivity index (χ4n) is 1.92. The second kappa shape index (κ2) is 6.06. The van der Waals surface area contributed by atoms with E-state index in [0.717, 1.165) is 17.7 Å². The monoisotopic (exact) mass is 274 g/mol. The number of rotatable bonds is 4. The highest BCUT2D eigenvalue weighted by Crippen LogP contribution is 2.20. The zero-order valence-corrected chi connectivity index (χ0v) is 12.3. The van der Waals surface area contributed by atoms with Gasteiger partial charge in [-0.1, -0.05) is 26.0 Å². The molecule has 0 unspecified atom stereocenters. The van der Waals surface area contributed by atoms with Crippen molar-refractivity contribution in [2.75, 3.05) is 6.26 Å². The molecule has 0 aliphatic rings. The number of nitrogens with zero attached hydrogens (tertiary/aromatic N) is 1. The van der Waals surface area contributed by atoms with E-state index in [4.69, 9.17) is 0 Å². The Kier molecular flexibility index (Phi) is 4.43. The normalized spacial score (nSPS) is 10.9. The van der Waals surface area contributed by atoms with Gasteiger partial charge in [0.15, 0.2) is 0 Å². The van der Waals surface area contributed by atoms with Crippen molar-refractivity contribution < 1.29 is 0 Å². The van der Waals surface area contributed by atoms with Crippen LogP contribution in [0.15, 0.2) is 40.0 Å². The molecule has 0 amide bonds. The minimum absolute atomic E-state index is 0.0883. The van der Waals surface area contributed by atoms with E-state index in [1.54, 1.807) is 17.8 Å². The van der Waals surface area contributed by atoms with E-state index < -0.39 is 0 Å². The topological polar surface area (TPSA) is 45.8 Å². The van der Waals surface area contributed by atoms with Crippen molar-refractivity contribution in [1.29, 1.82) is 0 Å². The maximum absolute atomic E-state index is 11.7. The van der Waals surface area contributed by atoms with Crippen LogP contribution < -0.4 is 5.56 Å². The Morgan fingerprint density at radius 3 is 2.53 bits per heavy atom. The van der Waals surface area contributed by atoms with Crippen molar-refractivity contribution in [3.05, 3.63) is 46.4 Å². The van der Waals surface area contributed by atoms with Gasteiger partial charge >= 0.3 is 0 Å². The van der Waals surface area contributed by atoms with Gasteiger partial charge in [0.1, 0.15) is 5.82 Å². The molecule has 0 aliphatic heterocycles. The zero-order chi connectivity index (χ0) is 13.8. The van der Waals surface area contributed by atoms with Crippen LogP contribution in [0.4, 0.5) is 0 Å². The summed E-state index contributed by atoms with van der Waals surface area (Å²) in [6, 6.07) is 9.64. The number of thioether (sulfide) groups is 1. The standard InChI is InChI=1S/C15H18N2OS/c1-10(2)8-12-9-14(18)17-15(16-12)11-4-6-13(19-3)7-5-11/h4-7,9-10H,8H2,1-3H3,(H,16,17,18). The smallest absolute Gasteiger partial charge is 0.251 e. The number of aromatic amines is 1. The molecule has 1 heterocycles. The Hall–Kier alpha value is -1.55. The van der Waals surface area contributed by atoms with Crippen LogP contribution in [0, 0.1) is 5.92 Å². The Morgan fingerprint density at radius 1 is 1.26 bits per heavy atom. The molecule has 4 heteroatoms. The fourth-order valence-corrected chi connectivity index (χ4v) is 2.32. The number of nitrogens with one attached hydrogen (secondary N) is 1. The SMILES string of the molecule is CSc1ccc(-c2nc(CC(C)C)cc(=O)[nH]2)cc1. The maximum atomic E-state index is 11.7. The number of benzene rings is 1. The van der Waals surface area contributed by atoms with Crippen LogP contribution >= 0.6 is 11.8 Å². The number of aromatic nitrogens is 2. The first-order valence-corrected chi connectivity index (χ1v) is 7.55. The molecule has 0 fully saturated rings. The summed E-state index contributed by atoms with van der Waals surface area (Å²) < 4.78 is 0. The maximum Gasteiger partial charge on any atom is 0.251 e. The van der Waals surface area contributed by atoms with Gasteiger partial charge in [0.05, 0.1) is 0 Å². The Bertz CT molecular complexity index is 602. The van der Waals surface area contributed by atoms with Gasteiger partial charge in [0, 0.05) is 22.2 Å². The van der Waals surface area contributed by atoms with Gasteiger partial charge in [-0.05, 0) is 30.7 Å². The van der Waals surface area contributed by atoms with Crippen molar-refractivity contribution in [2.45, 2.75) is 25.2 Å². The number of hydrogen-bond donors (Lipinski definition) is 1. The molecule has 0 saturated carbocycles. The molecule has 2 rings (SSSR count). The molecule has 0 atom stereocenters. The highest BCUT2D eigenvalue weighted by molar-refractivity contribution is 7.98. The lowest BCUT2D eigenvalue weighted by atomic mass is 10.1. The summed E-state index contributed by atoms with van der Waals surface area (Å²) in [7, 11) is 0. The molecule has 0 aliphatic carbocycles. The quantitative estimate of drug-likeness (QED) is 0.870. The molecule has 0 saturated heterocycles. The lowest BCUT2D eigenvalue weighted by Crippen LogP contribution is -2.11. The van der Waals surface area contributed by atoms with Gasteiger partial charge in [-0.3, -0.25) is 4.79 Å². The lowest BCUT2D eigenvalue weighted by Gasteiger charge is -2.07. The van der Waals surface area contributed by atoms with Crippen LogP contribution in [-0.2, 0) is 6.42 Å². The molecule has 0 radical (unpaired) electrons. The van der Waals surface area contributed by atoms with Crippen molar-refractivity contribution in [2.24, 2.45) is 5.92 Å². The molecule has 1 N–H and O–H groups in total. The molecule has 3 nitrogen and oxygen atoms in total. The van der Waals surface area contributed by atoms with E-state index in [2.05, 4.69) is 23.8 Å². The average Bonchev–Trinajstić information content (AvgIpc) is 2.37. The molecule has 100 valence electrons. The predicted octanol–water partition coefficient (Wildman–Crippen LogP) is 3.36. The summed E-state index contributed by atoms with van der Waals surface area (Å²) in [4.78, 5) is 20.2. The van der Waals surface area contributed by atoms with Crippen LogP contribution in [0.5, 0.6) is 0 Å². The molecule has 0 bridgehead atoms. The van der Waals surface area contributed by atoms with Crippen molar-refractivity contribution in [3.8, 4) is 11.4 Å². The molecule has 19 heavy (non-hydrogen) atoms. The Labute approximate surface area is 117 Å². The van der Waals surface area contributed by atoms with Crippen molar-refractivity contribution in [3.63, 3.8) is 0 Å². The summed E-state index contributed by atoms with van der Waals surface area (Å²) in [5, 5.41) is 0. The van der Waals surface area contributed by atoms with E-state index in [-0.39, 0.29) is 5.56 Å². The van der Waals surface area contributed by atoms with Crippen LogP contribution in [-0.4, -0.2) is 16.2 Å². The Morgan fingerprint density at radius 2 is 1.95 bits per heavy atom. The second-order valence-corrected chi connectivity index (χ2v) is 5.79. The minimum atomic E-state index is -0.0883. The van der Waals surface area contributed by atoms with Gasteiger partial charge in [-0.15, -0.1) is 11.8 Å². The zero-order valence-electron chi connectivity index (χ0n) is 11.4. The summed E-state index contributed by atoms with van der Waals surface area (Å²) in [5.74, 6) is 1.14. The third-order valence-corrected chi connectivity index (χ3v) is 3.52. The third-order valence-electron chi connectivity index (χ3n) is 2.78. The van der Waals surface area contributed by atoms with Crippen LogP contribution in [0.2, 0.25) is 0 Å². The van der Waals surface area contributed by atoms with Gasteiger partial charge in [-0.2, -0.15) is 0 Å². The van der Waals surface area contributed by atoms with E-state index in [1.807, 2.05) is 30.5 Å². The van der Waals surface area contributed by atoms with Crippen molar-refractivity contribution in [1.82, 2.24) is 9.97 Å². The van der Waals surface area contributed by atoms with Gasteiger partial charge in [0.25, 0.3) is 5.56 Å². The number of H-pyrrole nitrogens is 1. The second-order valence-electron chi connectivity index (χ2n) is 4.91. The molecule has 1 aromatic heterocycles. The molecule has 2 aromatic rings. The molecular formula is C15H18N2OS. The minimum Gasteiger partial charge on any atom is -0.307 e. The highest BCUT2D eigenvalue weighted by atomic mass is 32.2. The van der Waals surface area contributed by atoms with E-state index in [1.165, 1.54) is 4.90 Å². The summed E-state index contributed by atoms with van der Waals surface area (Å²) in [6.07, 6.45) is 2.86. The molecular weight excluding hydrogens is 256 g/mol. The van der Waals surface area contributed by atoms with Gasteiger partial charge in [-0.25, -0.2) is 4.98 Å². The number of hydrogen-bond acceptors (Lipinski definition) is 3. The Balaban J connectivity index is 2.37. The molecule has 0 spiro atoms. The summed E-state index contributed by atoms with van der Waals surface area (Å²) >= 11 is 1.70. The van der Waals surface area contributed by atoms with Gasteiger partial charge in [0.2, 0.25) is 0 Å². The predicted molar refractivity (Wildman–Crippen MR) is 80.6 cm³/mol. The van der Waals surface area contributed by atoms with Gasteiger partial charge < -0.3 is 4.98 Å². The largest absolute Gasteiger partial charge is 0.307 e. The lowest BCUT2D eigenvalue weighted by molar-refractivity contribution is 0.634. The summed E-state index contributed by atoms with van der Waals surface area (Å²) in [6.45, 7) is 4.24. The van der Waals surface area contributed by atoms with E-state index in [9.17, 15) is 4.79 Å². The van der Waals surface area contributed by atoms with E-state index in [0.29, 0.717) is 11.7 Å². The van der Waals surface area contributed by atoms with Crippen LogP contribution in [0.1, 0.15) is 19.5 Å². The first kappa shape index (κ1) is 13.9. The van der Waals surface area contributed by atoms with Crippen LogP contribution in [0.3, 0.4) is 0 Å². The molecule has 1 aromatic carbocycles.